The van der Waals surface area contributed by atoms with Crippen LogP contribution in [0.2, 0.25) is 0 Å². The summed E-state index contributed by atoms with van der Waals surface area (Å²) in [6.07, 6.45) is 4.28. The second kappa shape index (κ2) is 5.20. The lowest BCUT2D eigenvalue weighted by atomic mass is 9.87. The van der Waals surface area contributed by atoms with Crippen molar-refractivity contribution in [1.82, 2.24) is 9.97 Å². The van der Waals surface area contributed by atoms with Crippen molar-refractivity contribution in [2.75, 3.05) is 4.72 Å². The maximum Gasteiger partial charge on any atom is 0.263 e. The second-order valence-electron chi connectivity index (χ2n) is 5.47. The number of nitrogens with zero attached hydrogens (tertiary/aromatic N) is 2. The Bertz CT molecular complexity index is 675. The molecule has 0 aliphatic rings. The van der Waals surface area contributed by atoms with Crippen molar-refractivity contribution in [1.29, 1.82) is 0 Å². The first-order valence-corrected chi connectivity index (χ1v) is 7.67. The van der Waals surface area contributed by atoms with E-state index in [1.165, 1.54) is 18.6 Å². The lowest BCUT2D eigenvalue weighted by Gasteiger charge is -2.19. The molecule has 106 valence electrons. The topological polar surface area (TPSA) is 72.0 Å². The summed E-state index contributed by atoms with van der Waals surface area (Å²) in [6, 6.07) is 6.84. The molecule has 0 aliphatic heterocycles. The second-order valence-corrected chi connectivity index (χ2v) is 7.15. The van der Waals surface area contributed by atoms with Crippen LogP contribution in [0.5, 0.6) is 0 Å². The van der Waals surface area contributed by atoms with E-state index in [2.05, 4.69) is 35.5 Å². The monoisotopic (exact) mass is 291 g/mol. The van der Waals surface area contributed by atoms with Crippen molar-refractivity contribution in [2.45, 2.75) is 31.1 Å². The van der Waals surface area contributed by atoms with Crippen LogP contribution in [-0.4, -0.2) is 18.4 Å². The van der Waals surface area contributed by atoms with Gasteiger partial charge in [0.1, 0.15) is 0 Å². The summed E-state index contributed by atoms with van der Waals surface area (Å²) in [5, 5.41) is 0. The average Bonchev–Trinajstić information content (AvgIpc) is 2.38. The van der Waals surface area contributed by atoms with E-state index in [1.807, 2.05) is 12.1 Å². The Balaban J connectivity index is 2.27. The van der Waals surface area contributed by atoms with Gasteiger partial charge in [-0.15, -0.1) is 0 Å². The minimum absolute atomic E-state index is 0.0133. The van der Waals surface area contributed by atoms with Crippen molar-refractivity contribution < 1.29 is 8.42 Å². The molecule has 0 unspecified atom stereocenters. The minimum Gasteiger partial charge on any atom is -0.262 e. The van der Waals surface area contributed by atoms with Crippen LogP contribution in [0.3, 0.4) is 0 Å². The summed E-state index contributed by atoms with van der Waals surface area (Å²) in [5.74, 6) is 0.201. The summed E-state index contributed by atoms with van der Waals surface area (Å²) < 4.78 is 26.8. The molecule has 0 aliphatic carbocycles. The number of nitrogens with one attached hydrogen (secondary N) is 1. The van der Waals surface area contributed by atoms with Crippen LogP contribution in [-0.2, 0) is 15.4 Å². The molecule has 0 saturated heterocycles. The van der Waals surface area contributed by atoms with Gasteiger partial charge in [-0.3, -0.25) is 9.71 Å². The van der Waals surface area contributed by atoms with Crippen molar-refractivity contribution in [2.24, 2.45) is 0 Å². The smallest absolute Gasteiger partial charge is 0.262 e. The van der Waals surface area contributed by atoms with Crippen LogP contribution < -0.4 is 4.72 Å². The fourth-order valence-electron chi connectivity index (χ4n) is 1.68. The van der Waals surface area contributed by atoms with E-state index in [0.29, 0.717) is 0 Å². The molecule has 0 atom stereocenters. The molecule has 6 heteroatoms. The van der Waals surface area contributed by atoms with E-state index in [4.69, 9.17) is 0 Å². The van der Waals surface area contributed by atoms with E-state index in [1.54, 1.807) is 12.1 Å². The Morgan fingerprint density at radius 1 is 1.05 bits per heavy atom. The molecule has 0 spiro atoms. The Hall–Kier alpha value is -1.95. The standard InChI is InChI=1S/C14H17N3O2S/c1-14(2,3)11-4-6-12(7-5-11)20(18,19)17-13-10-15-8-9-16-13/h4-10H,1-3H3,(H,16,17). The molecule has 1 heterocycles. The normalized spacial score (nSPS) is 12.2. The molecule has 2 rings (SSSR count). The van der Waals surface area contributed by atoms with Crippen LogP contribution in [0.1, 0.15) is 26.3 Å². The summed E-state index contributed by atoms with van der Waals surface area (Å²) >= 11 is 0. The minimum atomic E-state index is -3.63. The predicted octanol–water partition coefficient (Wildman–Crippen LogP) is 2.57. The molecule has 20 heavy (non-hydrogen) atoms. The number of rotatable bonds is 3. The third-order valence-corrected chi connectivity index (χ3v) is 4.20. The molecule has 5 nitrogen and oxygen atoms in total. The summed E-state index contributed by atoms with van der Waals surface area (Å²) in [5.41, 5.74) is 1.07. The van der Waals surface area contributed by atoms with E-state index in [9.17, 15) is 8.42 Å². The molecular formula is C14H17N3O2S. The van der Waals surface area contributed by atoms with Gasteiger partial charge in [0.15, 0.2) is 5.82 Å². The van der Waals surface area contributed by atoms with Crippen molar-refractivity contribution in [3.63, 3.8) is 0 Å². The maximum absolute atomic E-state index is 12.2. The molecule has 1 N–H and O–H groups in total. The zero-order valence-corrected chi connectivity index (χ0v) is 12.5. The van der Waals surface area contributed by atoms with Crippen LogP contribution in [0, 0.1) is 0 Å². The van der Waals surface area contributed by atoms with Gasteiger partial charge >= 0.3 is 0 Å². The molecule has 0 bridgehead atoms. The van der Waals surface area contributed by atoms with Crippen LogP contribution in [0.15, 0.2) is 47.8 Å². The predicted molar refractivity (Wildman–Crippen MR) is 78.0 cm³/mol. The van der Waals surface area contributed by atoms with Crippen LogP contribution in [0.4, 0.5) is 5.82 Å². The lowest BCUT2D eigenvalue weighted by Crippen LogP contribution is -2.15. The van der Waals surface area contributed by atoms with Gasteiger partial charge in [-0.25, -0.2) is 13.4 Å². The van der Waals surface area contributed by atoms with Gasteiger partial charge in [-0.05, 0) is 23.1 Å². The average molecular weight is 291 g/mol. The van der Waals surface area contributed by atoms with Crippen molar-refractivity contribution in [3.8, 4) is 0 Å². The highest BCUT2D eigenvalue weighted by Crippen LogP contribution is 2.23. The van der Waals surface area contributed by atoms with Gasteiger partial charge in [-0.1, -0.05) is 32.9 Å². The summed E-state index contributed by atoms with van der Waals surface area (Å²) in [6.45, 7) is 6.23. The van der Waals surface area contributed by atoms with Crippen molar-refractivity contribution in [3.05, 3.63) is 48.4 Å². The molecule has 0 saturated carbocycles. The third-order valence-electron chi connectivity index (χ3n) is 2.83. The van der Waals surface area contributed by atoms with Gasteiger partial charge in [0, 0.05) is 12.4 Å². The first-order valence-electron chi connectivity index (χ1n) is 6.18. The molecule has 1 aromatic carbocycles. The number of benzene rings is 1. The van der Waals surface area contributed by atoms with Gasteiger partial charge in [0.2, 0.25) is 0 Å². The Labute approximate surface area is 119 Å². The maximum atomic E-state index is 12.2. The molecule has 0 radical (unpaired) electrons. The van der Waals surface area contributed by atoms with Crippen LogP contribution in [0.25, 0.3) is 0 Å². The van der Waals surface area contributed by atoms with Crippen LogP contribution >= 0.6 is 0 Å². The summed E-state index contributed by atoms with van der Waals surface area (Å²) in [4.78, 5) is 7.92. The van der Waals surface area contributed by atoms with E-state index < -0.39 is 10.0 Å². The number of sulfonamides is 1. The number of anilines is 1. The van der Waals surface area contributed by atoms with Gasteiger partial charge in [-0.2, -0.15) is 0 Å². The largest absolute Gasteiger partial charge is 0.263 e. The zero-order valence-electron chi connectivity index (χ0n) is 11.7. The van der Waals surface area contributed by atoms with Gasteiger partial charge < -0.3 is 0 Å². The highest BCUT2D eigenvalue weighted by molar-refractivity contribution is 7.92. The molecule has 0 fully saturated rings. The van der Waals surface area contributed by atoms with E-state index >= 15 is 0 Å². The zero-order chi connectivity index (χ0) is 14.8. The number of aromatic nitrogens is 2. The molecule has 1 aromatic heterocycles. The number of hydrogen-bond acceptors (Lipinski definition) is 4. The molecule has 2 aromatic rings. The van der Waals surface area contributed by atoms with Gasteiger partial charge in [0.05, 0.1) is 11.1 Å². The fourth-order valence-corrected chi connectivity index (χ4v) is 2.68. The summed E-state index contributed by atoms with van der Waals surface area (Å²) in [7, 11) is -3.63. The third kappa shape index (κ3) is 3.33. The highest BCUT2D eigenvalue weighted by atomic mass is 32.2. The van der Waals surface area contributed by atoms with Gasteiger partial charge in [0.25, 0.3) is 10.0 Å². The highest BCUT2D eigenvalue weighted by Gasteiger charge is 2.17. The number of hydrogen-bond donors (Lipinski definition) is 1. The van der Waals surface area contributed by atoms with E-state index in [-0.39, 0.29) is 16.1 Å². The SMILES string of the molecule is CC(C)(C)c1ccc(S(=O)(=O)Nc2cnccn2)cc1. The Morgan fingerprint density at radius 2 is 1.70 bits per heavy atom. The molecule has 0 amide bonds. The van der Waals surface area contributed by atoms with E-state index in [0.717, 1.165) is 5.56 Å². The van der Waals surface area contributed by atoms with Crippen molar-refractivity contribution >= 4 is 15.8 Å². The first-order chi connectivity index (χ1) is 9.29. The lowest BCUT2D eigenvalue weighted by molar-refractivity contribution is 0.587. The molecular weight excluding hydrogens is 274 g/mol. The quantitative estimate of drug-likeness (QED) is 0.943. The first kappa shape index (κ1) is 14.5. The Kier molecular flexibility index (Phi) is 3.76. The Morgan fingerprint density at radius 3 is 2.20 bits per heavy atom. The fraction of sp³-hybridized carbons (Fsp3) is 0.286.